The van der Waals surface area contributed by atoms with Crippen molar-refractivity contribution < 1.29 is 9.53 Å². The number of esters is 1. The first-order valence-corrected chi connectivity index (χ1v) is 8.63. The van der Waals surface area contributed by atoms with Crippen LogP contribution < -0.4 is 0 Å². The first kappa shape index (κ1) is 17.4. The Morgan fingerprint density at radius 3 is 2.76 bits per heavy atom. The zero-order valence-electron chi connectivity index (χ0n) is 14.7. The third kappa shape index (κ3) is 3.12. The average molecular weight is 358 g/mol. The number of ether oxygens (including phenoxy) is 1. The van der Waals surface area contributed by atoms with Crippen LogP contribution in [0.4, 0.5) is 0 Å². The van der Waals surface area contributed by atoms with Crippen molar-refractivity contribution in [2.75, 3.05) is 6.61 Å². The molecule has 1 aromatic carbocycles. The van der Waals surface area contributed by atoms with E-state index in [9.17, 15) is 4.79 Å². The van der Waals surface area contributed by atoms with Crippen LogP contribution in [0, 0.1) is 6.92 Å². The Morgan fingerprint density at radius 1 is 1.36 bits per heavy atom. The number of rotatable bonds is 4. The van der Waals surface area contributed by atoms with Gasteiger partial charge in [0.05, 0.1) is 17.0 Å². The molecule has 5 nitrogen and oxygen atoms in total. The second-order valence-electron chi connectivity index (χ2n) is 6.23. The number of nitrogens with one attached hydrogen (secondary N) is 1. The van der Waals surface area contributed by atoms with Crippen molar-refractivity contribution in [3.8, 4) is 11.1 Å². The third-order valence-electron chi connectivity index (χ3n) is 4.02. The van der Waals surface area contributed by atoms with E-state index in [2.05, 4.69) is 29.0 Å². The van der Waals surface area contributed by atoms with Crippen molar-refractivity contribution in [1.82, 2.24) is 15.2 Å². The van der Waals surface area contributed by atoms with Gasteiger partial charge in [0.15, 0.2) is 11.3 Å². The van der Waals surface area contributed by atoms with E-state index in [4.69, 9.17) is 16.3 Å². The number of halogens is 1. The second kappa shape index (κ2) is 6.84. The summed E-state index contributed by atoms with van der Waals surface area (Å²) in [5, 5.41) is 8.44. The van der Waals surface area contributed by atoms with Gasteiger partial charge in [-0.05, 0) is 25.3 Å². The molecule has 0 atom stereocenters. The van der Waals surface area contributed by atoms with Gasteiger partial charge >= 0.3 is 5.97 Å². The molecule has 130 valence electrons. The molecule has 0 spiro atoms. The number of carbonyl (C=O) groups is 1. The van der Waals surface area contributed by atoms with E-state index in [1.807, 2.05) is 31.2 Å². The highest BCUT2D eigenvalue weighted by Crippen LogP contribution is 2.39. The first-order valence-electron chi connectivity index (χ1n) is 8.25. The number of carbonyl (C=O) groups excluding carboxylic acids is 1. The predicted molar refractivity (Wildman–Crippen MR) is 99.1 cm³/mol. The highest BCUT2D eigenvalue weighted by atomic mass is 35.5. The van der Waals surface area contributed by atoms with Crippen LogP contribution in [-0.2, 0) is 4.74 Å². The first-order chi connectivity index (χ1) is 11.9. The molecule has 25 heavy (non-hydrogen) atoms. The van der Waals surface area contributed by atoms with Gasteiger partial charge in [0.25, 0.3) is 0 Å². The second-order valence-corrected chi connectivity index (χ2v) is 6.61. The van der Waals surface area contributed by atoms with Crippen LogP contribution in [0.3, 0.4) is 0 Å². The maximum Gasteiger partial charge on any atom is 0.357 e. The van der Waals surface area contributed by atoms with Crippen molar-refractivity contribution in [3.63, 3.8) is 0 Å². The maximum absolute atomic E-state index is 12.5. The summed E-state index contributed by atoms with van der Waals surface area (Å²) in [6, 6.07) is 7.82. The van der Waals surface area contributed by atoms with Crippen molar-refractivity contribution in [1.29, 1.82) is 0 Å². The van der Waals surface area contributed by atoms with Gasteiger partial charge in [-0.3, -0.25) is 5.10 Å². The minimum atomic E-state index is -0.503. The molecule has 0 saturated heterocycles. The number of benzene rings is 1. The Hall–Kier alpha value is -2.40. The van der Waals surface area contributed by atoms with Crippen LogP contribution in [0.5, 0.6) is 0 Å². The number of pyridine rings is 1. The summed E-state index contributed by atoms with van der Waals surface area (Å²) in [4.78, 5) is 16.9. The number of H-pyrrole nitrogens is 1. The highest BCUT2D eigenvalue weighted by Gasteiger charge is 2.25. The average Bonchev–Trinajstić information content (AvgIpc) is 2.99. The Kier molecular flexibility index (Phi) is 4.77. The Bertz CT molecular complexity index is 947. The number of aryl methyl sites for hydroxylation is 1. The number of nitrogens with zero attached hydrogens (tertiary/aromatic N) is 2. The van der Waals surface area contributed by atoms with Crippen LogP contribution >= 0.6 is 11.6 Å². The van der Waals surface area contributed by atoms with Gasteiger partial charge in [-0.15, -0.1) is 0 Å². The van der Waals surface area contributed by atoms with Crippen LogP contribution in [0.15, 0.2) is 24.3 Å². The van der Waals surface area contributed by atoms with Crippen LogP contribution in [0.25, 0.3) is 22.2 Å². The van der Waals surface area contributed by atoms with E-state index in [-0.39, 0.29) is 18.2 Å². The highest BCUT2D eigenvalue weighted by molar-refractivity contribution is 6.39. The van der Waals surface area contributed by atoms with E-state index >= 15 is 0 Å². The molecule has 0 bridgehead atoms. The summed E-state index contributed by atoms with van der Waals surface area (Å²) in [5.41, 5.74) is 3.99. The Labute approximate surface area is 151 Å². The number of hydrogen-bond acceptors (Lipinski definition) is 4. The lowest BCUT2D eigenvalue weighted by Gasteiger charge is -2.13. The lowest BCUT2D eigenvalue weighted by atomic mass is 9.98. The van der Waals surface area contributed by atoms with Gasteiger partial charge in [0.1, 0.15) is 0 Å². The quantitative estimate of drug-likeness (QED) is 0.675. The van der Waals surface area contributed by atoms with E-state index < -0.39 is 5.97 Å². The molecular weight excluding hydrogens is 338 g/mol. The van der Waals surface area contributed by atoms with Crippen molar-refractivity contribution in [2.45, 2.75) is 33.6 Å². The molecule has 0 fully saturated rings. The number of aromatic nitrogens is 3. The van der Waals surface area contributed by atoms with Crippen molar-refractivity contribution in [3.05, 3.63) is 46.2 Å². The summed E-state index contributed by atoms with van der Waals surface area (Å²) < 4.78 is 5.18. The molecule has 0 aliphatic carbocycles. The fourth-order valence-electron chi connectivity index (χ4n) is 2.86. The topological polar surface area (TPSA) is 67.9 Å². The van der Waals surface area contributed by atoms with Crippen LogP contribution in [0.2, 0.25) is 5.02 Å². The molecule has 0 radical (unpaired) electrons. The molecule has 0 aliphatic rings. The minimum absolute atomic E-state index is 0.187. The van der Waals surface area contributed by atoms with Crippen LogP contribution in [-0.4, -0.2) is 27.8 Å². The fourth-order valence-corrected chi connectivity index (χ4v) is 3.25. The molecule has 2 aromatic heterocycles. The molecule has 2 heterocycles. The Morgan fingerprint density at radius 2 is 2.12 bits per heavy atom. The van der Waals surface area contributed by atoms with Crippen molar-refractivity contribution >= 4 is 28.6 Å². The zero-order chi connectivity index (χ0) is 18.1. The lowest BCUT2D eigenvalue weighted by Crippen LogP contribution is -2.10. The number of aromatic amines is 1. The summed E-state index contributed by atoms with van der Waals surface area (Å²) in [7, 11) is 0. The van der Waals surface area contributed by atoms with E-state index in [1.54, 1.807) is 6.92 Å². The molecule has 0 amide bonds. The molecule has 6 heteroatoms. The van der Waals surface area contributed by atoms with Gasteiger partial charge in [-0.25, -0.2) is 9.78 Å². The van der Waals surface area contributed by atoms with Crippen LogP contribution in [0.1, 0.15) is 48.4 Å². The van der Waals surface area contributed by atoms with Gasteiger partial charge in [-0.1, -0.05) is 55.3 Å². The summed E-state index contributed by atoms with van der Waals surface area (Å²) in [6.07, 6.45) is 0. The molecule has 0 unspecified atom stereocenters. The minimum Gasteiger partial charge on any atom is -0.461 e. The Balaban J connectivity index is 2.37. The van der Waals surface area contributed by atoms with E-state index in [0.717, 1.165) is 22.2 Å². The van der Waals surface area contributed by atoms with E-state index in [1.165, 1.54) is 0 Å². The van der Waals surface area contributed by atoms with Gasteiger partial charge < -0.3 is 4.74 Å². The molecule has 0 saturated carbocycles. The monoisotopic (exact) mass is 357 g/mol. The SMILES string of the molecule is CCOC(=O)c1nc2n[nH]c(C(C)C)c2c(Cl)c1-c1cccc(C)c1. The molecular formula is C19H20ClN3O2. The normalized spacial score (nSPS) is 11.3. The maximum atomic E-state index is 12.5. The molecule has 1 N–H and O–H groups in total. The van der Waals surface area contributed by atoms with Gasteiger partial charge in [0.2, 0.25) is 0 Å². The van der Waals surface area contributed by atoms with Gasteiger partial charge in [-0.2, -0.15) is 5.10 Å². The predicted octanol–water partition coefficient (Wildman–Crippen LogP) is 4.89. The molecule has 3 rings (SSSR count). The summed E-state index contributed by atoms with van der Waals surface area (Å²) in [5.74, 6) is -0.306. The lowest BCUT2D eigenvalue weighted by molar-refractivity contribution is 0.0521. The zero-order valence-corrected chi connectivity index (χ0v) is 15.4. The standard InChI is InChI=1S/C19H20ClN3O2/c1-5-25-19(24)17-13(12-8-6-7-11(4)9-12)15(20)14-16(10(2)3)22-23-18(14)21-17/h6-10H,5H2,1-4H3,(H,21,22,23). The number of hydrogen-bond donors (Lipinski definition) is 1. The largest absolute Gasteiger partial charge is 0.461 e. The fraction of sp³-hybridized carbons (Fsp3) is 0.316. The molecule has 0 aliphatic heterocycles. The summed E-state index contributed by atoms with van der Waals surface area (Å²) >= 11 is 6.76. The smallest absolute Gasteiger partial charge is 0.357 e. The third-order valence-corrected chi connectivity index (χ3v) is 4.40. The number of fused-ring (bicyclic) bond motifs is 1. The van der Waals surface area contributed by atoms with Crippen molar-refractivity contribution in [2.24, 2.45) is 0 Å². The van der Waals surface area contributed by atoms with E-state index in [0.29, 0.717) is 16.2 Å². The van der Waals surface area contributed by atoms with Gasteiger partial charge in [0, 0.05) is 11.3 Å². The summed E-state index contributed by atoms with van der Waals surface area (Å²) in [6.45, 7) is 8.12. The molecule has 3 aromatic rings.